The average Bonchev–Trinajstić information content (AvgIpc) is 2.42. The Kier molecular flexibility index (Phi) is 1.67. The van der Waals surface area contributed by atoms with Crippen molar-refractivity contribution in [3.8, 4) is 0 Å². The summed E-state index contributed by atoms with van der Waals surface area (Å²) in [5.74, 6) is 0.431. The molecule has 0 radical (unpaired) electrons. The summed E-state index contributed by atoms with van der Waals surface area (Å²) in [5.41, 5.74) is 0. The lowest BCUT2D eigenvalue weighted by Crippen LogP contribution is -2.26. The maximum Gasteiger partial charge on any atom is 0.294 e. The van der Waals surface area contributed by atoms with Gasteiger partial charge in [0, 0.05) is 5.92 Å². The van der Waals surface area contributed by atoms with Gasteiger partial charge in [-0.1, -0.05) is 6.42 Å². The third-order valence-electron chi connectivity index (χ3n) is 3.18. The van der Waals surface area contributed by atoms with Gasteiger partial charge in [0.25, 0.3) is 5.25 Å². The molecule has 2 fully saturated rings. The van der Waals surface area contributed by atoms with Crippen LogP contribution in [0.5, 0.6) is 0 Å². The van der Waals surface area contributed by atoms with Crippen molar-refractivity contribution in [1.82, 2.24) is 0 Å². The monoisotopic (exact) mass is 178 g/mol. The Bertz CT molecular complexity index is 164. The molecule has 2 aliphatic carbocycles. The molecule has 2 rings (SSSR count). The van der Waals surface area contributed by atoms with Gasteiger partial charge in [0.1, 0.15) is 0 Å². The van der Waals surface area contributed by atoms with Gasteiger partial charge in [-0.3, -0.25) is 0 Å². The third kappa shape index (κ3) is 1.28. The molecule has 0 nitrogen and oxygen atoms in total. The summed E-state index contributed by atoms with van der Waals surface area (Å²) in [4.78, 5) is 0. The van der Waals surface area contributed by atoms with Crippen LogP contribution < -0.4 is 0 Å². The Morgan fingerprint density at radius 3 is 2.18 bits per heavy atom. The topological polar surface area (TPSA) is 0 Å². The number of fused-ring (bicyclic) bond motifs is 2. The molecule has 0 aromatic rings. The van der Waals surface area contributed by atoms with Crippen LogP contribution in [0.15, 0.2) is 0 Å². The zero-order valence-corrected chi connectivity index (χ0v) is 7.16. The molecule has 3 atom stereocenters. The first-order valence-corrected chi connectivity index (χ1v) is 4.62. The van der Waals surface area contributed by atoms with E-state index in [-0.39, 0.29) is 5.92 Å². The Morgan fingerprint density at radius 1 is 1.18 bits per heavy atom. The van der Waals surface area contributed by atoms with Crippen molar-refractivity contribution in [2.45, 2.75) is 30.9 Å². The third-order valence-corrected chi connectivity index (χ3v) is 3.52. The van der Waals surface area contributed by atoms with Gasteiger partial charge in [0.05, 0.1) is 0 Å². The molecule has 0 aromatic heterocycles. The fourth-order valence-electron chi connectivity index (χ4n) is 2.67. The number of hydrogen-bond acceptors (Lipinski definition) is 1. The summed E-state index contributed by atoms with van der Waals surface area (Å²) in [6.45, 7) is 0. The first-order chi connectivity index (χ1) is 5.07. The van der Waals surface area contributed by atoms with E-state index in [2.05, 4.69) is 12.6 Å². The van der Waals surface area contributed by atoms with Gasteiger partial charge in [-0.05, 0) is 31.1 Å². The predicted octanol–water partition coefficient (Wildman–Crippen LogP) is 2.95. The highest BCUT2D eigenvalue weighted by molar-refractivity contribution is 7.81. The quantitative estimate of drug-likeness (QED) is 0.586. The molecule has 0 N–H and O–H groups in total. The number of hydrogen-bond donors (Lipinski definition) is 1. The van der Waals surface area contributed by atoms with Crippen LogP contribution in [-0.2, 0) is 0 Å². The Labute approximate surface area is 70.8 Å². The lowest BCUT2D eigenvalue weighted by atomic mass is 9.89. The summed E-state index contributed by atoms with van der Waals surface area (Å²) < 4.78 is 25.5. The zero-order valence-electron chi connectivity index (χ0n) is 6.26. The number of thiol groups is 1. The van der Waals surface area contributed by atoms with Crippen molar-refractivity contribution >= 4 is 12.6 Å². The highest BCUT2D eigenvalue weighted by atomic mass is 32.1. The predicted molar refractivity (Wildman–Crippen MR) is 42.9 cm³/mol. The van der Waals surface area contributed by atoms with Crippen molar-refractivity contribution in [1.29, 1.82) is 0 Å². The van der Waals surface area contributed by atoms with E-state index in [0.717, 1.165) is 12.8 Å². The van der Waals surface area contributed by atoms with E-state index in [1.165, 1.54) is 6.42 Å². The van der Waals surface area contributed by atoms with Crippen LogP contribution in [0.1, 0.15) is 25.7 Å². The molecular weight excluding hydrogens is 166 g/mol. The van der Waals surface area contributed by atoms with E-state index in [4.69, 9.17) is 0 Å². The molecule has 2 bridgehead atoms. The fraction of sp³-hybridized carbons (Fsp3) is 1.00. The lowest BCUT2D eigenvalue weighted by Gasteiger charge is -2.26. The number of rotatable bonds is 1. The number of halogens is 2. The molecule has 64 valence electrons. The number of alkyl halides is 2. The standard InChI is InChI=1S/C8H12F2S/c9-8(10,11)7-4-5-1-2-6(7)3-5/h5-7,11H,1-4H2. The van der Waals surface area contributed by atoms with E-state index >= 15 is 0 Å². The molecule has 0 heterocycles. The van der Waals surface area contributed by atoms with Gasteiger partial charge in [-0.25, -0.2) is 0 Å². The van der Waals surface area contributed by atoms with Crippen molar-refractivity contribution in [3.05, 3.63) is 0 Å². The van der Waals surface area contributed by atoms with Crippen LogP contribution in [-0.4, -0.2) is 5.25 Å². The molecule has 2 aliphatic rings. The van der Waals surface area contributed by atoms with Crippen molar-refractivity contribution < 1.29 is 8.78 Å². The first-order valence-electron chi connectivity index (χ1n) is 4.17. The van der Waals surface area contributed by atoms with Crippen LogP contribution in [0.3, 0.4) is 0 Å². The average molecular weight is 178 g/mol. The minimum atomic E-state index is -2.72. The minimum Gasteiger partial charge on any atom is -0.194 e. The van der Waals surface area contributed by atoms with E-state index in [9.17, 15) is 8.78 Å². The molecule has 2 saturated carbocycles. The molecule has 0 amide bonds. The second-order valence-corrected chi connectivity index (χ2v) is 4.47. The van der Waals surface area contributed by atoms with Gasteiger partial charge in [-0.15, -0.1) is 12.6 Å². The van der Waals surface area contributed by atoms with Crippen molar-refractivity contribution in [2.75, 3.05) is 0 Å². The minimum absolute atomic E-state index is 0.271. The largest absolute Gasteiger partial charge is 0.294 e. The van der Waals surface area contributed by atoms with Gasteiger partial charge >= 0.3 is 0 Å². The Morgan fingerprint density at radius 2 is 1.91 bits per heavy atom. The highest BCUT2D eigenvalue weighted by Crippen LogP contribution is 2.54. The van der Waals surface area contributed by atoms with Crippen LogP contribution in [0.2, 0.25) is 0 Å². The molecule has 0 saturated heterocycles. The van der Waals surface area contributed by atoms with E-state index in [1.54, 1.807) is 0 Å². The molecule has 3 heteroatoms. The van der Waals surface area contributed by atoms with Crippen LogP contribution in [0, 0.1) is 17.8 Å². The van der Waals surface area contributed by atoms with E-state index in [0.29, 0.717) is 12.3 Å². The van der Waals surface area contributed by atoms with Gasteiger partial charge in [-0.2, -0.15) is 8.78 Å². The maximum absolute atomic E-state index is 12.7. The van der Waals surface area contributed by atoms with Crippen molar-refractivity contribution in [3.63, 3.8) is 0 Å². The second-order valence-electron chi connectivity index (χ2n) is 3.87. The van der Waals surface area contributed by atoms with Crippen LogP contribution in [0.25, 0.3) is 0 Å². The summed E-state index contributed by atoms with van der Waals surface area (Å²) in [7, 11) is 0. The highest BCUT2D eigenvalue weighted by Gasteiger charge is 2.50. The smallest absolute Gasteiger partial charge is 0.194 e. The van der Waals surface area contributed by atoms with Crippen LogP contribution >= 0.6 is 12.6 Å². The summed E-state index contributed by atoms with van der Waals surface area (Å²) in [5, 5.41) is -2.72. The molecule has 0 aliphatic heterocycles. The van der Waals surface area contributed by atoms with E-state index < -0.39 is 11.2 Å². The lowest BCUT2D eigenvalue weighted by molar-refractivity contribution is 0.0126. The molecule has 0 spiro atoms. The first kappa shape index (κ1) is 7.84. The SMILES string of the molecule is FC(F)(S)C1CC2CCC1C2. The Hall–Kier alpha value is 0.210. The summed E-state index contributed by atoms with van der Waals surface area (Å²) >= 11 is 3.35. The zero-order chi connectivity index (χ0) is 8.06. The second kappa shape index (κ2) is 2.35. The summed E-state index contributed by atoms with van der Waals surface area (Å²) in [6.07, 6.45) is 3.92. The maximum atomic E-state index is 12.7. The fourth-order valence-corrected chi connectivity index (χ4v) is 2.99. The van der Waals surface area contributed by atoms with Crippen molar-refractivity contribution in [2.24, 2.45) is 17.8 Å². The molecular formula is C8H12F2S. The van der Waals surface area contributed by atoms with Gasteiger partial charge < -0.3 is 0 Å². The Balaban J connectivity index is 2.08. The molecule has 11 heavy (non-hydrogen) atoms. The normalized spacial score (nSPS) is 43.4. The van der Waals surface area contributed by atoms with Gasteiger partial charge in [0.2, 0.25) is 0 Å². The van der Waals surface area contributed by atoms with Crippen LogP contribution in [0.4, 0.5) is 8.78 Å². The molecule has 0 aromatic carbocycles. The van der Waals surface area contributed by atoms with Gasteiger partial charge in [0.15, 0.2) is 0 Å². The molecule has 3 unspecified atom stereocenters. The van der Waals surface area contributed by atoms with E-state index in [1.807, 2.05) is 0 Å². The summed E-state index contributed by atoms with van der Waals surface area (Å²) in [6, 6.07) is 0.